The van der Waals surface area contributed by atoms with Gasteiger partial charge in [-0.2, -0.15) is 26.3 Å². The number of carbonyl (C=O) groups is 2. The van der Waals surface area contributed by atoms with Gasteiger partial charge in [0.1, 0.15) is 0 Å². The molecule has 2 saturated heterocycles. The lowest BCUT2D eigenvalue weighted by molar-refractivity contribution is -0.193. The maximum absolute atomic E-state index is 10.6. The number of nitrogens with zero attached hydrogens (tertiary/aromatic N) is 3. The van der Waals surface area contributed by atoms with E-state index in [0.29, 0.717) is 12.1 Å². The molecule has 2 atom stereocenters. The highest BCUT2D eigenvalue weighted by molar-refractivity contribution is 5.73. The molecule has 4 rings (SSSR count). The second kappa shape index (κ2) is 12.2. The van der Waals surface area contributed by atoms with Gasteiger partial charge in [0.2, 0.25) is 0 Å². The van der Waals surface area contributed by atoms with Crippen LogP contribution >= 0.6 is 0 Å². The number of likely N-dealkylation sites (tertiary alicyclic amines) is 2. The van der Waals surface area contributed by atoms with Crippen molar-refractivity contribution in [2.45, 2.75) is 57.3 Å². The Hall–Kier alpha value is -3.13. The van der Waals surface area contributed by atoms with Crippen LogP contribution in [0, 0.1) is 6.92 Å². The molecule has 0 bridgehead atoms. The summed E-state index contributed by atoms with van der Waals surface area (Å²) in [6.07, 6.45) is -3.98. The Bertz CT molecular complexity index is 973. The first-order valence-electron chi connectivity index (χ1n) is 10.7. The Balaban J connectivity index is 0.000000271. The van der Waals surface area contributed by atoms with Gasteiger partial charge in [0, 0.05) is 49.5 Å². The van der Waals surface area contributed by atoms with Crippen LogP contribution in [0.1, 0.15) is 29.8 Å². The van der Waals surface area contributed by atoms with Crippen molar-refractivity contribution in [1.82, 2.24) is 14.8 Å². The molecule has 0 amide bonds. The van der Waals surface area contributed by atoms with Crippen molar-refractivity contribution in [3.05, 3.63) is 53.7 Å². The number of alkyl halides is 6. The van der Waals surface area contributed by atoms with Crippen molar-refractivity contribution in [1.29, 1.82) is 0 Å². The van der Waals surface area contributed by atoms with Crippen molar-refractivity contribution >= 4 is 11.9 Å². The van der Waals surface area contributed by atoms with Gasteiger partial charge in [-0.15, -0.1) is 0 Å². The Morgan fingerprint density at radius 2 is 1.44 bits per heavy atom. The van der Waals surface area contributed by atoms with Gasteiger partial charge in [-0.3, -0.25) is 14.8 Å². The molecule has 0 aromatic carbocycles. The summed E-state index contributed by atoms with van der Waals surface area (Å²) >= 11 is 0. The molecule has 4 heterocycles. The minimum absolute atomic E-state index is 0.689. The molecule has 14 heteroatoms. The molecule has 2 aliphatic rings. The predicted molar refractivity (Wildman–Crippen MR) is 113 cm³/mol. The third-order valence-electron chi connectivity index (χ3n) is 5.57. The highest BCUT2D eigenvalue weighted by atomic mass is 19.4. The third kappa shape index (κ3) is 8.82. The second-order valence-electron chi connectivity index (χ2n) is 8.16. The van der Waals surface area contributed by atoms with E-state index in [2.05, 4.69) is 46.0 Å². The maximum Gasteiger partial charge on any atom is 0.490 e. The standard InChI is InChI=1S/C18H23N3O.2C2HF3O2/c1-14-3-2-4-16(19-14)12-21-9-6-17-18(21)5-8-20(17)11-15-7-10-22-13-15;2*3-2(4,5)1(6)7/h2-4,7,10,13,17-18H,5-6,8-9,11-12H2,1H3;2*(H,6,7)/t17-,18+;;/m1../s1. The lowest BCUT2D eigenvalue weighted by atomic mass is 10.1. The van der Waals surface area contributed by atoms with Gasteiger partial charge < -0.3 is 14.6 Å². The summed E-state index contributed by atoms with van der Waals surface area (Å²) in [7, 11) is 0. The number of carboxylic acids is 2. The number of aryl methyl sites for hydroxylation is 1. The first-order valence-corrected chi connectivity index (χ1v) is 10.7. The van der Waals surface area contributed by atoms with Crippen LogP contribution in [0.5, 0.6) is 0 Å². The summed E-state index contributed by atoms with van der Waals surface area (Å²) in [5, 5.41) is 14.2. The number of aliphatic carboxylic acids is 2. The lowest BCUT2D eigenvalue weighted by Crippen LogP contribution is -2.36. The highest BCUT2D eigenvalue weighted by Gasteiger charge is 2.42. The van der Waals surface area contributed by atoms with E-state index in [1.807, 2.05) is 6.26 Å². The molecule has 2 aliphatic heterocycles. The zero-order valence-electron chi connectivity index (χ0n) is 19.1. The molecule has 2 fully saturated rings. The molecule has 2 aromatic rings. The summed E-state index contributed by atoms with van der Waals surface area (Å²) in [4.78, 5) is 27.7. The van der Waals surface area contributed by atoms with Crippen molar-refractivity contribution < 1.29 is 50.6 Å². The summed E-state index contributed by atoms with van der Waals surface area (Å²) < 4.78 is 68.7. The van der Waals surface area contributed by atoms with E-state index in [1.165, 1.54) is 37.2 Å². The molecule has 2 N–H and O–H groups in total. The van der Waals surface area contributed by atoms with Crippen molar-refractivity contribution in [3.8, 4) is 0 Å². The lowest BCUT2D eigenvalue weighted by Gasteiger charge is -2.25. The number of pyridine rings is 1. The minimum atomic E-state index is -5.08. The molecule has 0 spiro atoms. The average molecular weight is 525 g/mol. The molecule has 0 saturated carbocycles. The minimum Gasteiger partial charge on any atom is -0.475 e. The molecule has 8 nitrogen and oxygen atoms in total. The Morgan fingerprint density at radius 3 is 1.86 bits per heavy atom. The number of hydrogen-bond donors (Lipinski definition) is 2. The van der Waals surface area contributed by atoms with E-state index in [1.54, 1.807) is 6.26 Å². The molecular formula is C22H25F6N3O5. The van der Waals surface area contributed by atoms with Gasteiger partial charge in [0.25, 0.3) is 0 Å². The normalized spacial score (nSPS) is 20.1. The van der Waals surface area contributed by atoms with Gasteiger partial charge in [-0.1, -0.05) is 6.07 Å². The van der Waals surface area contributed by atoms with E-state index in [9.17, 15) is 26.3 Å². The van der Waals surface area contributed by atoms with Crippen molar-refractivity contribution in [3.63, 3.8) is 0 Å². The van der Waals surface area contributed by atoms with Crippen molar-refractivity contribution in [2.75, 3.05) is 13.1 Å². The molecule has 0 radical (unpaired) electrons. The molecular weight excluding hydrogens is 500 g/mol. The number of rotatable bonds is 4. The first-order chi connectivity index (χ1) is 16.7. The van der Waals surface area contributed by atoms with E-state index in [4.69, 9.17) is 24.2 Å². The molecule has 200 valence electrons. The second-order valence-corrected chi connectivity index (χ2v) is 8.16. The van der Waals surface area contributed by atoms with Crippen LogP contribution in [0.4, 0.5) is 26.3 Å². The van der Waals surface area contributed by atoms with Crippen LogP contribution in [0.2, 0.25) is 0 Å². The summed E-state index contributed by atoms with van der Waals surface area (Å²) in [6.45, 7) is 6.46. The van der Waals surface area contributed by atoms with E-state index >= 15 is 0 Å². The Kier molecular flexibility index (Phi) is 9.87. The van der Waals surface area contributed by atoms with Crippen LogP contribution in [0.25, 0.3) is 0 Å². The number of hydrogen-bond acceptors (Lipinski definition) is 6. The monoisotopic (exact) mass is 525 g/mol. The average Bonchev–Trinajstić information content (AvgIpc) is 3.49. The number of halogens is 6. The zero-order chi connectivity index (χ0) is 27.1. The summed E-state index contributed by atoms with van der Waals surface area (Å²) in [5.41, 5.74) is 3.61. The summed E-state index contributed by atoms with van der Waals surface area (Å²) in [6, 6.07) is 9.80. The number of fused-ring (bicyclic) bond motifs is 1. The fraction of sp³-hybridized carbons (Fsp3) is 0.500. The van der Waals surface area contributed by atoms with Crippen LogP contribution in [0.3, 0.4) is 0 Å². The van der Waals surface area contributed by atoms with E-state index in [0.717, 1.165) is 18.8 Å². The highest BCUT2D eigenvalue weighted by Crippen LogP contribution is 2.33. The fourth-order valence-electron chi connectivity index (χ4n) is 4.07. The van der Waals surface area contributed by atoms with Gasteiger partial charge in [0.05, 0.1) is 18.2 Å². The Labute approximate surface area is 202 Å². The molecule has 2 aromatic heterocycles. The van der Waals surface area contributed by atoms with Gasteiger partial charge in [-0.25, -0.2) is 9.59 Å². The van der Waals surface area contributed by atoms with Crippen LogP contribution < -0.4 is 0 Å². The molecule has 36 heavy (non-hydrogen) atoms. The van der Waals surface area contributed by atoms with Crippen molar-refractivity contribution in [2.24, 2.45) is 0 Å². The Morgan fingerprint density at radius 1 is 0.944 bits per heavy atom. The maximum atomic E-state index is 10.6. The van der Waals surface area contributed by atoms with Gasteiger partial charge in [-0.05, 0) is 38.0 Å². The number of aromatic nitrogens is 1. The van der Waals surface area contributed by atoms with E-state index in [-0.39, 0.29) is 0 Å². The quantitative estimate of drug-likeness (QED) is 0.575. The smallest absolute Gasteiger partial charge is 0.475 e. The van der Waals surface area contributed by atoms with E-state index < -0.39 is 24.3 Å². The van der Waals surface area contributed by atoms with Crippen LogP contribution in [0.15, 0.2) is 41.2 Å². The van der Waals surface area contributed by atoms with Gasteiger partial charge >= 0.3 is 24.3 Å². The third-order valence-corrected chi connectivity index (χ3v) is 5.57. The first kappa shape index (κ1) is 29.1. The topological polar surface area (TPSA) is 107 Å². The van der Waals surface area contributed by atoms with Gasteiger partial charge in [0.15, 0.2) is 0 Å². The molecule has 0 unspecified atom stereocenters. The SMILES string of the molecule is Cc1cccc(CN2CC[C@@H]3[C@@H]2CCN3Cc2ccoc2)n1.O=C(O)C(F)(F)F.O=C(O)C(F)(F)F. The van der Waals surface area contributed by atoms with Crippen LogP contribution in [-0.2, 0) is 22.7 Å². The fourth-order valence-corrected chi connectivity index (χ4v) is 4.07. The zero-order valence-corrected chi connectivity index (χ0v) is 19.1. The number of carboxylic acid groups (broad SMARTS) is 2. The predicted octanol–water partition coefficient (Wildman–Crippen LogP) is 4.10. The summed E-state index contributed by atoms with van der Waals surface area (Å²) in [5.74, 6) is -5.51. The van der Waals surface area contributed by atoms with Crippen LogP contribution in [-0.4, -0.2) is 74.5 Å². The number of furan rings is 1. The largest absolute Gasteiger partial charge is 0.490 e. The molecule has 0 aliphatic carbocycles.